The first-order valence-electron chi connectivity index (χ1n) is 7.29. The lowest BCUT2D eigenvalue weighted by Gasteiger charge is -2.33. The van der Waals surface area contributed by atoms with Crippen molar-refractivity contribution in [3.63, 3.8) is 0 Å². The maximum absolute atomic E-state index is 12.4. The second kappa shape index (κ2) is 8.15. The average Bonchev–Trinajstić information content (AvgIpc) is 2.39. The van der Waals surface area contributed by atoms with E-state index in [1.54, 1.807) is 0 Å². The number of carbonyl (C=O) groups excluding carboxylic acids is 1. The van der Waals surface area contributed by atoms with Crippen molar-refractivity contribution in [2.75, 3.05) is 11.9 Å². The predicted molar refractivity (Wildman–Crippen MR) is 84.3 cm³/mol. The molecule has 0 aliphatic rings. The van der Waals surface area contributed by atoms with Gasteiger partial charge in [0.15, 0.2) is 0 Å². The smallest absolute Gasteiger partial charge is 0.331 e. The number of hydrogen-bond acceptors (Lipinski definition) is 3. The lowest BCUT2D eigenvalue weighted by Crippen LogP contribution is -2.47. The second-order valence-corrected chi connectivity index (χ2v) is 5.37. The molecular weight excluding hydrogens is 274 g/mol. The number of rotatable bonds is 8. The van der Waals surface area contributed by atoms with Crippen LogP contribution in [0.5, 0.6) is 0 Å². The third kappa shape index (κ3) is 4.41. The van der Waals surface area contributed by atoms with Crippen molar-refractivity contribution in [2.24, 2.45) is 0 Å². The van der Waals surface area contributed by atoms with Crippen LogP contribution in [0.3, 0.4) is 0 Å². The molecule has 0 amide bonds. The molecule has 0 aromatic heterocycles. The molecule has 0 radical (unpaired) electrons. The number of benzene rings is 1. The van der Waals surface area contributed by atoms with E-state index in [0.717, 1.165) is 31.4 Å². The van der Waals surface area contributed by atoms with Gasteiger partial charge in [-0.05, 0) is 38.0 Å². The van der Waals surface area contributed by atoms with Crippen LogP contribution >= 0.6 is 11.6 Å². The van der Waals surface area contributed by atoms with Crippen LogP contribution in [-0.4, -0.2) is 18.1 Å². The molecule has 0 atom stereocenters. The van der Waals surface area contributed by atoms with Gasteiger partial charge in [0.25, 0.3) is 0 Å². The summed E-state index contributed by atoms with van der Waals surface area (Å²) in [4.78, 5) is 12.4. The summed E-state index contributed by atoms with van der Waals surface area (Å²) >= 11 is 6.01. The van der Waals surface area contributed by atoms with Crippen LogP contribution in [0.2, 0.25) is 5.02 Å². The number of carbonyl (C=O) groups is 1. The topological polar surface area (TPSA) is 38.3 Å². The van der Waals surface area contributed by atoms with Crippen molar-refractivity contribution in [1.82, 2.24) is 0 Å². The van der Waals surface area contributed by atoms with E-state index in [9.17, 15) is 4.79 Å². The number of anilines is 1. The minimum atomic E-state index is -0.663. The molecule has 1 aromatic carbocycles. The van der Waals surface area contributed by atoms with Crippen molar-refractivity contribution < 1.29 is 9.53 Å². The van der Waals surface area contributed by atoms with Crippen molar-refractivity contribution in [1.29, 1.82) is 0 Å². The fourth-order valence-electron chi connectivity index (χ4n) is 2.47. The Kier molecular flexibility index (Phi) is 6.86. The average molecular weight is 298 g/mol. The third-order valence-corrected chi connectivity index (χ3v) is 3.46. The van der Waals surface area contributed by atoms with Gasteiger partial charge in [0.05, 0.1) is 6.61 Å². The summed E-state index contributed by atoms with van der Waals surface area (Å²) in [6, 6.07) is 7.45. The molecule has 0 bridgehead atoms. The highest BCUT2D eigenvalue weighted by molar-refractivity contribution is 6.30. The van der Waals surface area contributed by atoms with Gasteiger partial charge in [-0.2, -0.15) is 0 Å². The van der Waals surface area contributed by atoms with E-state index < -0.39 is 5.54 Å². The Bertz CT molecular complexity index is 428. The lowest BCUT2D eigenvalue weighted by atomic mass is 9.88. The van der Waals surface area contributed by atoms with Crippen LogP contribution in [0.1, 0.15) is 46.5 Å². The van der Waals surface area contributed by atoms with Gasteiger partial charge < -0.3 is 10.1 Å². The SMILES string of the molecule is CCCC(CCC)(Nc1cccc(Cl)c1)C(=O)OCC. The van der Waals surface area contributed by atoms with Crippen LogP contribution < -0.4 is 5.32 Å². The summed E-state index contributed by atoms with van der Waals surface area (Å²) in [6.07, 6.45) is 3.30. The minimum Gasteiger partial charge on any atom is -0.464 e. The predicted octanol–water partition coefficient (Wildman–Crippen LogP) is 4.65. The molecule has 0 aliphatic carbocycles. The van der Waals surface area contributed by atoms with Gasteiger partial charge in [0, 0.05) is 10.7 Å². The largest absolute Gasteiger partial charge is 0.464 e. The molecule has 112 valence electrons. The number of hydrogen-bond donors (Lipinski definition) is 1. The standard InChI is InChI=1S/C16H24ClNO2/c1-4-10-16(11-5-2,15(19)20-6-3)18-14-9-7-8-13(17)12-14/h7-9,12,18H,4-6,10-11H2,1-3H3. The molecule has 20 heavy (non-hydrogen) atoms. The summed E-state index contributed by atoms with van der Waals surface area (Å²) in [5.41, 5.74) is 0.192. The van der Waals surface area contributed by atoms with E-state index in [-0.39, 0.29) is 5.97 Å². The first kappa shape index (κ1) is 16.8. The summed E-state index contributed by atoms with van der Waals surface area (Å²) in [5, 5.41) is 4.01. The van der Waals surface area contributed by atoms with Crippen LogP contribution in [0, 0.1) is 0 Å². The van der Waals surface area contributed by atoms with Gasteiger partial charge in [-0.25, -0.2) is 4.79 Å². The zero-order valence-corrected chi connectivity index (χ0v) is 13.3. The maximum atomic E-state index is 12.4. The third-order valence-electron chi connectivity index (χ3n) is 3.23. The first-order chi connectivity index (χ1) is 9.57. The van der Waals surface area contributed by atoms with Crippen LogP contribution in [0.25, 0.3) is 0 Å². The summed E-state index contributed by atoms with van der Waals surface area (Å²) < 4.78 is 5.28. The Balaban J connectivity index is 3.04. The summed E-state index contributed by atoms with van der Waals surface area (Å²) in [5.74, 6) is -0.177. The van der Waals surface area contributed by atoms with E-state index in [0.29, 0.717) is 11.6 Å². The Morgan fingerprint density at radius 1 is 1.25 bits per heavy atom. The van der Waals surface area contributed by atoms with Crippen LogP contribution in [-0.2, 0) is 9.53 Å². The number of nitrogens with one attached hydrogen (secondary N) is 1. The van der Waals surface area contributed by atoms with Crippen molar-refractivity contribution in [3.05, 3.63) is 29.3 Å². The van der Waals surface area contributed by atoms with E-state index in [1.807, 2.05) is 31.2 Å². The van der Waals surface area contributed by atoms with E-state index in [1.165, 1.54) is 0 Å². The van der Waals surface area contributed by atoms with E-state index >= 15 is 0 Å². The number of halogens is 1. The van der Waals surface area contributed by atoms with E-state index in [2.05, 4.69) is 19.2 Å². The number of ether oxygens (including phenoxy) is 1. The highest BCUT2D eigenvalue weighted by Gasteiger charge is 2.38. The molecule has 0 aliphatic heterocycles. The first-order valence-corrected chi connectivity index (χ1v) is 7.66. The lowest BCUT2D eigenvalue weighted by molar-refractivity contribution is -0.149. The van der Waals surface area contributed by atoms with Crippen LogP contribution in [0.15, 0.2) is 24.3 Å². The molecule has 0 saturated carbocycles. The van der Waals surface area contributed by atoms with Gasteiger partial charge in [-0.15, -0.1) is 0 Å². The van der Waals surface area contributed by atoms with Gasteiger partial charge >= 0.3 is 5.97 Å². The molecule has 0 fully saturated rings. The molecule has 0 heterocycles. The van der Waals surface area contributed by atoms with Crippen molar-refractivity contribution in [2.45, 2.75) is 52.0 Å². The Morgan fingerprint density at radius 3 is 2.40 bits per heavy atom. The molecule has 0 spiro atoms. The van der Waals surface area contributed by atoms with E-state index in [4.69, 9.17) is 16.3 Å². The Labute approximate surface area is 126 Å². The highest BCUT2D eigenvalue weighted by Crippen LogP contribution is 2.28. The molecule has 4 heteroatoms. The van der Waals surface area contributed by atoms with Crippen molar-refractivity contribution in [3.8, 4) is 0 Å². The fourth-order valence-corrected chi connectivity index (χ4v) is 2.66. The summed E-state index contributed by atoms with van der Waals surface area (Å²) in [7, 11) is 0. The second-order valence-electron chi connectivity index (χ2n) is 4.94. The maximum Gasteiger partial charge on any atom is 0.331 e. The normalized spacial score (nSPS) is 11.2. The molecular formula is C16H24ClNO2. The van der Waals surface area contributed by atoms with Gasteiger partial charge in [-0.3, -0.25) is 0 Å². The Morgan fingerprint density at radius 2 is 1.90 bits per heavy atom. The minimum absolute atomic E-state index is 0.177. The zero-order valence-electron chi connectivity index (χ0n) is 12.5. The molecule has 3 nitrogen and oxygen atoms in total. The monoisotopic (exact) mass is 297 g/mol. The molecule has 1 N–H and O–H groups in total. The number of esters is 1. The van der Waals surface area contributed by atoms with Gasteiger partial charge in [-0.1, -0.05) is 44.4 Å². The Hall–Kier alpha value is -1.22. The van der Waals surface area contributed by atoms with Crippen LogP contribution in [0.4, 0.5) is 5.69 Å². The molecule has 1 aromatic rings. The molecule has 0 saturated heterocycles. The van der Waals surface area contributed by atoms with Gasteiger partial charge in [0.1, 0.15) is 5.54 Å². The summed E-state index contributed by atoms with van der Waals surface area (Å²) in [6.45, 7) is 6.37. The van der Waals surface area contributed by atoms with Gasteiger partial charge in [0.2, 0.25) is 0 Å². The fraction of sp³-hybridized carbons (Fsp3) is 0.562. The quantitative estimate of drug-likeness (QED) is 0.710. The molecule has 0 unspecified atom stereocenters. The van der Waals surface area contributed by atoms with Crippen molar-refractivity contribution >= 4 is 23.3 Å². The zero-order chi connectivity index (χ0) is 15.0. The molecule has 1 rings (SSSR count). The highest BCUT2D eigenvalue weighted by atomic mass is 35.5.